The third kappa shape index (κ3) is 2.34. The van der Waals surface area contributed by atoms with Crippen molar-refractivity contribution in [2.45, 2.75) is 37.9 Å². The van der Waals surface area contributed by atoms with Crippen molar-refractivity contribution in [2.24, 2.45) is 5.92 Å². The van der Waals surface area contributed by atoms with Gasteiger partial charge >= 0.3 is 74.8 Å². The van der Waals surface area contributed by atoms with Gasteiger partial charge in [0, 0.05) is 0 Å². The Balaban J connectivity index is 2.31. The first kappa shape index (κ1) is 8.70. The minimum atomic E-state index is 0.622. The predicted molar refractivity (Wildman–Crippen MR) is 50.8 cm³/mol. The Kier molecular flexibility index (Phi) is 3.90. The van der Waals surface area contributed by atoms with Crippen molar-refractivity contribution < 1.29 is 0 Å². The van der Waals surface area contributed by atoms with Crippen LogP contribution in [0, 0.1) is 5.92 Å². The van der Waals surface area contributed by atoms with Gasteiger partial charge in [-0.05, 0) is 0 Å². The van der Waals surface area contributed by atoms with E-state index >= 15 is 0 Å². The molecule has 1 saturated carbocycles. The van der Waals surface area contributed by atoms with E-state index < -0.39 is 0 Å². The molecule has 0 atom stereocenters. The topological polar surface area (TPSA) is 0 Å². The SMILES string of the molecule is C[Se]C(=S)C1CCCCC1. The molecule has 1 aliphatic rings. The normalized spacial score (nSPS) is 20.9. The monoisotopic (exact) mass is 222 g/mol. The first-order valence-electron chi connectivity index (χ1n) is 3.92. The average molecular weight is 221 g/mol. The zero-order valence-electron chi connectivity index (χ0n) is 6.43. The van der Waals surface area contributed by atoms with E-state index in [0.717, 1.165) is 5.92 Å². The second-order valence-electron chi connectivity index (χ2n) is 2.86. The molecule has 1 fully saturated rings. The third-order valence-corrected chi connectivity index (χ3v) is 4.88. The molecule has 58 valence electrons. The Bertz CT molecular complexity index is 116. The second kappa shape index (κ2) is 4.48. The molecule has 0 bridgehead atoms. The van der Waals surface area contributed by atoms with Crippen LogP contribution in [0.2, 0.25) is 5.82 Å². The van der Waals surface area contributed by atoms with Crippen LogP contribution in [-0.2, 0) is 0 Å². The van der Waals surface area contributed by atoms with E-state index in [1.165, 1.54) is 35.9 Å². The molecule has 0 radical (unpaired) electrons. The van der Waals surface area contributed by atoms with Crippen molar-refractivity contribution in [2.75, 3.05) is 0 Å². The van der Waals surface area contributed by atoms with E-state index in [0.29, 0.717) is 15.0 Å². The molecule has 0 N–H and O–H groups in total. The standard InChI is InChI=1S/C8H14SSe/c1-10-8(9)7-5-3-2-4-6-7/h7H,2-6H2,1H3. The molecule has 0 aliphatic heterocycles. The van der Waals surface area contributed by atoms with Gasteiger partial charge in [-0.1, -0.05) is 0 Å². The number of hydrogen-bond acceptors (Lipinski definition) is 1. The first-order chi connectivity index (χ1) is 4.84. The molecule has 0 heterocycles. The molecule has 0 spiro atoms. The van der Waals surface area contributed by atoms with Crippen LogP contribution in [0.3, 0.4) is 0 Å². The van der Waals surface area contributed by atoms with Gasteiger partial charge in [0.05, 0.1) is 0 Å². The first-order valence-corrected chi connectivity index (χ1v) is 6.90. The summed E-state index contributed by atoms with van der Waals surface area (Å²) in [4.78, 5) is 0. The van der Waals surface area contributed by atoms with E-state index in [1.54, 1.807) is 0 Å². The molecule has 10 heavy (non-hydrogen) atoms. The van der Waals surface area contributed by atoms with Gasteiger partial charge in [0.2, 0.25) is 0 Å². The molecule has 0 aromatic heterocycles. The van der Waals surface area contributed by atoms with Crippen LogP contribution in [0.4, 0.5) is 0 Å². The van der Waals surface area contributed by atoms with Gasteiger partial charge in [-0.3, -0.25) is 0 Å². The summed E-state index contributed by atoms with van der Waals surface area (Å²) >= 11 is 5.93. The number of thiocarbonyl (C=S) groups is 1. The summed E-state index contributed by atoms with van der Waals surface area (Å²) < 4.78 is 1.38. The van der Waals surface area contributed by atoms with Gasteiger partial charge in [0.1, 0.15) is 0 Å². The minimum absolute atomic E-state index is 0.622. The van der Waals surface area contributed by atoms with E-state index in [-0.39, 0.29) is 0 Å². The van der Waals surface area contributed by atoms with Gasteiger partial charge in [-0.25, -0.2) is 0 Å². The summed E-state index contributed by atoms with van der Waals surface area (Å²) in [6.07, 6.45) is 7.04. The molecule has 0 aromatic rings. The molecular weight excluding hydrogens is 207 g/mol. The molecular formula is C8H14SSe. The van der Waals surface area contributed by atoms with E-state index in [4.69, 9.17) is 12.2 Å². The summed E-state index contributed by atoms with van der Waals surface area (Å²) in [5.41, 5.74) is 0. The van der Waals surface area contributed by atoms with Crippen molar-refractivity contribution in [1.29, 1.82) is 0 Å². The Morgan fingerprint density at radius 2 is 1.90 bits per heavy atom. The molecule has 0 amide bonds. The van der Waals surface area contributed by atoms with E-state index in [1.807, 2.05) is 0 Å². The maximum atomic E-state index is 5.30. The number of hydrogen-bond donors (Lipinski definition) is 0. The zero-order valence-corrected chi connectivity index (χ0v) is 8.96. The third-order valence-electron chi connectivity index (χ3n) is 2.14. The van der Waals surface area contributed by atoms with Crippen LogP contribution < -0.4 is 0 Å². The van der Waals surface area contributed by atoms with Gasteiger partial charge in [-0.15, -0.1) is 0 Å². The fourth-order valence-electron chi connectivity index (χ4n) is 1.50. The Morgan fingerprint density at radius 1 is 1.30 bits per heavy atom. The van der Waals surface area contributed by atoms with Crippen LogP contribution in [0.1, 0.15) is 32.1 Å². The Labute approximate surface area is 74.9 Å². The van der Waals surface area contributed by atoms with Crippen molar-refractivity contribution in [3.8, 4) is 0 Å². The van der Waals surface area contributed by atoms with Gasteiger partial charge < -0.3 is 0 Å². The molecule has 0 saturated heterocycles. The predicted octanol–water partition coefficient (Wildman–Crippen LogP) is 2.65. The maximum absolute atomic E-state index is 5.30. The van der Waals surface area contributed by atoms with Crippen molar-refractivity contribution in [3.63, 3.8) is 0 Å². The summed E-state index contributed by atoms with van der Waals surface area (Å²) in [6, 6.07) is 0. The van der Waals surface area contributed by atoms with Crippen molar-refractivity contribution in [1.82, 2.24) is 0 Å². The van der Waals surface area contributed by atoms with Crippen LogP contribution in [0.15, 0.2) is 0 Å². The fraction of sp³-hybridized carbons (Fsp3) is 0.875. The van der Waals surface area contributed by atoms with Crippen LogP contribution in [-0.4, -0.2) is 18.7 Å². The molecule has 1 aliphatic carbocycles. The number of rotatable bonds is 2. The molecule has 2 heteroatoms. The van der Waals surface area contributed by atoms with Gasteiger partial charge in [0.25, 0.3) is 0 Å². The average Bonchev–Trinajstić information content (AvgIpc) is 2.05. The summed E-state index contributed by atoms with van der Waals surface area (Å²) in [5, 5.41) is 0. The van der Waals surface area contributed by atoms with Crippen LogP contribution in [0.5, 0.6) is 0 Å². The van der Waals surface area contributed by atoms with Crippen LogP contribution in [0.25, 0.3) is 0 Å². The van der Waals surface area contributed by atoms with Crippen molar-refractivity contribution >= 4 is 30.9 Å². The second-order valence-corrected chi connectivity index (χ2v) is 5.66. The Morgan fingerprint density at radius 3 is 2.40 bits per heavy atom. The van der Waals surface area contributed by atoms with Gasteiger partial charge in [-0.2, -0.15) is 0 Å². The summed E-state index contributed by atoms with van der Waals surface area (Å²) in [6.45, 7) is 0. The van der Waals surface area contributed by atoms with Crippen molar-refractivity contribution in [3.05, 3.63) is 0 Å². The molecule has 0 aromatic carbocycles. The molecule has 0 nitrogen and oxygen atoms in total. The van der Waals surface area contributed by atoms with E-state index in [9.17, 15) is 0 Å². The summed E-state index contributed by atoms with van der Waals surface area (Å²) in [5.74, 6) is 3.07. The van der Waals surface area contributed by atoms with Crippen LogP contribution >= 0.6 is 12.2 Å². The van der Waals surface area contributed by atoms with E-state index in [2.05, 4.69) is 5.82 Å². The quantitative estimate of drug-likeness (QED) is 0.510. The molecule has 1 rings (SSSR count). The fourth-order valence-corrected chi connectivity index (χ4v) is 2.93. The molecule has 0 unspecified atom stereocenters. The summed E-state index contributed by atoms with van der Waals surface area (Å²) in [7, 11) is 0. The zero-order chi connectivity index (χ0) is 7.40. The Hall–Kier alpha value is 0.609. The van der Waals surface area contributed by atoms with Gasteiger partial charge in [0.15, 0.2) is 0 Å².